The number of aliphatic hydroxyl groups excluding tert-OH is 1. The number of rotatable bonds is 6. The molecule has 8 nitrogen and oxygen atoms in total. The molecular formula is C22H21Cl3N2O6. The fraction of sp³-hybridized carbons (Fsp3) is 0.364. The van der Waals surface area contributed by atoms with Gasteiger partial charge in [0, 0.05) is 34.4 Å². The van der Waals surface area contributed by atoms with Crippen molar-refractivity contribution in [3.05, 3.63) is 56.5 Å². The van der Waals surface area contributed by atoms with E-state index < -0.39 is 24.8 Å². The molecular weight excluding hydrogens is 495 g/mol. The Bertz CT molecular complexity index is 1080. The van der Waals surface area contributed by atoms with Crippen molar-refractivity contribution in [2.75, 3.05) is 25.0 Å². The molecule has 1 saturated heterocycles. The minimum absolute atomic E-state index is 0.0621. The van der Waals surface area contributed by atoms with Gasteiger partial charge < -0.3 is 19.7 Å². The van der Waals surface area contributed by atoms with Crippen LogP contribution in [0.4, 0.5) is 10.5 Å². The molecule has 11 heteroatoms. The first-order valence-electron chi connectivity index (χ1n) is 10.2. The van der Waals surface area contributed by atoms with Gasteiger partial charge in [0.1, 0.15) is 11.9 Å². The standard InChI is InChI=1S/C22H21Cl3N2O6/c23-11-5-15-14(16(24)6-11)8-18(27-4-3-13(28)9-27)21(15)33-19-2-1-12(7-17(19)25)26-22(31)32-10-20(29)30/h1-2,5-7,13,18,21,28H,3-4,8-10H2,(H,26,31)(H,29,30)/t13?,18-,21-/m0/s1. The zero-order chi connectivity index (χ0) is 23.7. The quantitative estimate of drug-likeness (QED) is 0.523. The summed E-state index contributed by atoms with van der Waals surface area (Å²) in [5.74, 6) is -0.871. The van der Waals surface area contributed by atoms with Crippen LogP contribution in [0.1, 0.15) is 23.7 Å². The normalized spacial score (nSPS) is 22.1. The first kappa shape index (κ1) is 23.9. The molecule has 0 radical (unpaired) electrons. The topological polar surface area (TPSA) is 108 Å². The largest absolute Gasteiger partial charge is 0.482 e. The maximum Gasteiger partial charge on any atom is 0.412 e. The number of aliphatic hydroxyl groups is 1. The number of carboxylic acids is 1. The lowest BCUT2D eigenvalue weighted by Gasteiger charge is -2.30. The molecule has 3 N–H and O–H groups in total. The van der Waals surface area contributed by atoms with Crippen molar-refractivity contribution in [2.45, 2.75) is 31.1 Å². The van der Waals surface area contributed by atoms with Crippen LogP contribution in [-0.4, -0.2) is 59.0 Å². The average molecular weight is 516 g/mol. The summed E-state index contributed by atoms with van der Waals surface area (Å²) in [7, 11) is 0. The maximum absolute atomic E-state index is 11.7. The molecule has 1 unspecified atom stereocenters. The summed E-state index contributed by atoms with van der Waals surface area (Å²) in [5, 5.41) is 22.3. The van der Waals surface area contributed by atoms with Gasteiger partial charge in [-0.05, 0) is 48.7 Å². The number of fused-ring (bicyclic) bond motifs is 1. The summed E-state index contributed by atoms with van der Waals surface area (Å²) in [6, 6.07) is 8.13. The number of hydrogen-bond acceptors (Lipinski definition) is 6. The van der Waals surface area contributed by atoms with E-state index in [9.17, 15) is 14.7 Å². The number of halogens is 3. The number of ether oxygens (including phenoxy) is 2. The Kier molecular flexibility index (Phi) is 7.21. The summed E-state index contributed by atoms with van der Waals surface area (Å²) >= 11 is 19.2. The van der Waals surface area contributed by atoms with E-state index in [1.807, 2.05) is 6.07 Å². The first-order valence-corrected chi connectivity index (χ1v) is 11.4. The molecule has 0 bridgehead atoms. The SMILES string of the molecule is O=C(O)COC(=O)Nc1ccc(O[C@H]2c3cc(Cl)cc(Cl)c3C[C@@H]2N2CCC(O)C2)c(Cl)c1. The molecule has 0 spiro atoms. The fourth-order valence-electron chi connectivity index (χ4n) is 4.24. The lowest BCUT2D eigenvalue weighted by Crippen LogP contribution is -2.39. The lowest BCUT2D eigenvalue weighted by molar-refractivity contribution is -0.140. The average Bonchev–Trinajstić information content (AvgIpc) is 3.32. The van der Waals surface area contributed by atoms with Gasteiger partial charge in [-0.2, -0.15) is 0 Å². The Morgan fingerprint density at radius 1 is 1.15 bits per heavy atom. The summed E-state index contributed by atoms with van der Waals surface area (Å²) in [6.45, 7) is 0.526. The van der Waals surface area contributed by atoms with Crippen LogP contribution in [0, 0.1) is 0 Å². The van der Waals surface area contributed by atoms with Crippen molar-refractivity contribution < 1.29 is 29.3 Å². The lowest BCUT2D eigenvalue weighted by atomic mass is 10.1. The monoisotopic (exact) mass is 514 g/mol. The van der Waals surface area contributed by atoms with Gasteiger partial charge in [-0.3, -0.25) is 10.2 Å². The van der Waals surface area contributed by atoms with Crippen molar-refractivity contribution in [1.29, 1.82) is 0 Å². The maximum atomic E-state index is 11.7. The number of nitrogens with zero attached hydrogens (tertiary/aromatic N) is 1. The number of carbonyl (C=O) groups is 2. The smallest absolute Gasteiger partial charge is 0.412 e. The van der Waals surface area contributed by atoms with E-state index in [0.29, 0.717) is 40.9 Å². The Morgan fingerprint density at radius 3 is 2.61 bits per heavy atom. The number of nitrogens with one attached hydrogen (secondary N) is 1. The molecule has 1 aliphatic heterocycles. The van der Waals surface area contributed by atoms with Gasteiger partial charge >= 0.3 is 12.1 Å². The molecule has 2 aromatic rings. The third-order valence-corrected chi connectivity index (χ3v) is 6.54. The van der Waals surface area contributed by atoms with Gasteiger partial charge in [0.2, 0.25) is 0 Å². The zero-order valence-electron chi connectivity index (χ0n) is 17.3. The highest BCUT2D eigenvalue weighted by Crippen LogP contribution is 2.44. The Labute approximate surface area is 204 Å². The van der Waals surface area contributed by atoms with Crippen molar-refractivity contribution in [2.24, 2.45) is 0 Å². The van der Waals surface area contributed by atoms with Crippen LogP contribution < -0.4 is 10.1 Å². The second kappa shape index (κ2) is 9.95. The van der Waals surface area contributed by atoms with Gasteiger partial charge in [-0.25, -0.2) is 9.59 Å². The first-order chi connectivity index (χ1) is 15.7. The van der Waals surface area contributed by atoms with E-state index >= 15 is 0 Å². The van der Waals surface area contributed by atoms with Gasteiger partial charge in [0.25, 0.3) is 0 Å². The van der Waals surface area contributed by atoms with E-state index in [4.69, 9.17) is 44.6 Å². The number of hydrogen-bond donors (Lipinski definition) is 3. The summed E-state index contributed by atoms with van der Waals surface area (Å²) in [5.41, 5.74) is 2.14. The van der Waals surface area contributed by atoms with E-state index in [1.165, 1.54) is 6.07 Å². The van der Waals surface area contributed by atoms with E-state index in [-0.39, 0.29) is 17.2 Å². The predicted octanol–water partition coefficient (Wildman–Crippen LogP) is 4.39. The number of likely N-dealkylation sites (tertiary alicyclic amines) is 1. The van der Waals surface area contributed by atoms with Crippen molar-refractivity contribution in [1.82, 2.24) is 4.90 Å². The third-order valence-electron chi connectivity index (χ3n) is 5.69. The highest BCUT2D eigenvalue weighted by atomic mass is 35.5. The number of carbonyl (C=O) groups excluding carboxylic acids is 1. The molecule has 1 heterocycles. The molecule has 176 valence electrons. The van der Waals surface area contributed by atoms with Crippen LogP contribution >= 0.6 is 34.8 Å². The molecule has 2 aliphatic rings. The molecule has 1 fully saturated rings. The van der Waals surface area contributed by atoms with Gasteiger partial charge in [0.05, 0.1) is 17.2 Å². The summed E-state index contributed by atoms with van der Waals surface area (Å²) in [6.07, 6.45) is -0.381. The number of benzene rings is 2. The second-order valence-electron chi connectivity index (χ2n) is 7.94. The Hall–Kier alpha value is -2.23. The molecule has 2 aromatic carbocycles. The van der Waals surface area contributed by atoms with Crippen LogP contribution in [0.15, 0.2) is 30.3 Å². The highest BCUT2D eigenvalue weighted by molar-refractivity contribution is 6.35. The molecule has 0 saturated carbocycles. The zero-order valence-corrected chi connectivity index (χ0v) is 19.5. The predicted molar refractivity (Wildman–Crippen MR) is 124 cm³/mol. The summed E-state index contributed by atoms with van der Waals surface area (Å²) < 4.78 is 10.9. The van der Waals surface area contributed by atoms with Crippen LogP contribution in [-0.2, 0) is 16.0 Å². The third kappa shape index (κ3) is 5.47. The number of anilines is 1. The molecule has 1 aliphatic carbocycles. The van der Waals surface area contributed by atoms with Crippen LogP contribution in [0.2, 0.25) is 15.1 Å². The van der Waals surface area contributed by atoms with Crippen LogP contribution in [0.25, 0.3) is 0 Å². The molecule has 4 rings (SSSR count). The second-order valence-corrected chi connectivity index (χ2v) is 9.19. The number of aliphatic carboxylic acids is 1. The summed E-state index contributed by atoms with van der Waals surface area (Å²) in [4.78, 5) is 24.4. The van der Waals surface area contributed by atoms with Crippen LogP contribution in [0.5, 0.6) is 5.75 Å². The van der Waals surface area contributed by atoms with E-state index in [1.54, 1.807) is 18.2 Å². The Balaban J connectivity index is 1.55. The Morgan fingerprint density at radius 2 is 1.94 bits per heavy atom. The van der Waals surface area contributed by atoms with Crippen molar-refractivity contribution >= 4 is 52.6 Å². The highest BCUT2D eigenvalue weighted by Gasteiger charge is 2.41. The minimum atomic E-state index is -1.26. The molecule has 0 aromatic heterocycles. The van der Waals surface area contributed by atoms with Gasteiger partial charge in [-0.1, -0.05) is 34.8 Å². The molecule has 1 amide bonds. The van der Waals surface area contributed by atoms with E-state index in [2.05, 4.69) is 15.0 Å². The van der Waals surface area contributed by atoms with Gasteiger partial charge in [0.15, 0.2) is 6.61 Å². The molecule has 33 heavy (non-hydrogen) atoms. The fourth-order valence-corrected chi connectivity index (χ4v) is 5.05. The van der Waals surface area contributed by atoms with E-state index in [0.717, 1.165) is 17.7 Å². The minimum Gasteiger partial charge on any atom is -0.482 e. The number of β-amino-alcohol motifs (C(OH)–C–C–N with tert-alkyl or cyclic N) is 1. The van der Waals surface area contributed by atoms with Crippen LogP contribution in [0.3, 0.4) is 0 Å². The van der Waals surface area contributed by atoms with Gasteiger partial charge in [-0.15, -0.1) is 0 Å². The molecule has 3 atom stereocenters. The van der Waals surface area contributed by atoms with Crippen molar-refractivity contribution in [3.8, 4) is 5.75 Å². The number of amides is 1. The number of carboxylic acid groups (broad SMARTS) is 1. The van der Waals surface area contributed by atoms with Crippen molar-refractivity contribution in [3.63, 3.8) is 0 Å².